The van der Waals surface area contributed by atoms with Crippen molar-refractivity contribution in [1.29, 1.82) is 0 Å². The van der Waals surface area contributed by atoms with Crippen LogP contribution in [0.1, 0.15) is 12.6 Å². The van der Waals surface area contributed by atoms with Crippen LogP contribution in [0, 0.1) is 0 Å². The van der Waals surface area contributed by atoms with E-state index in [0.717, 1.165) is 5.69 Å². The predicted molar refractivity (Wildman–Crippen MR) is 78.7 cm³/mol. The van der Waals surface area contributed by atoms with Gasteiger partial charge in [0.15, 0.2) is 17.6 Å². The van der Waals surface area contributed by atoms with Gasteiger partial charge in [0.05, 0.1) is 12.2 Å². The average molecular weight is 300 g/mol. The summed E-state index contributed by atoms with van der Waals surface area (Å²) in [6.45, 7) is 2.27. The Labute approximate surface area is 128 Å². The van der Waals surface area contributed by atoms with Crippen molar-refractivity contribution in [2.75, 3.05) is 6.79 Å². The number of nitrogens with one attached hydrogen (secondary N) is 1. The van der Waals surface area contributed by atoms with Gasteiger partial charge >= 0.3 is 0 Å². The van der Waals surface area contributed by atoms with Gasteiger partial charge in [-0.3, -0.25) is 9.78 Å². The minimum Gasteiger partial charge on any atom is -0.481 e. The minimum absolute atomic E-state index is 0.205. The standard InChI is InChI=1S/C16H16N2O4/c1-11(16(19)18-9-12-4-2-3-7-17-12)22-13-5-6-14-15(8-13)21-10-20-14/h2-8,11H,9-10H2,1H3,(H,18,19). The first kappa shape index (κ1) is 14.2. The third-order valence-corrected chi connectivity index (χ3v) is 3.20. The summed E-state index contributed by atoms with van der Waals surface area (Å²) < 4.78 is 16.1. The van der Waals surface area contributed by atoms with Crippen molar-refractivity contribution in [3.8, 4) is 17.2 Å². The Morgan fingerprint density at radius 1 is 1.32 bits per heavy atom. The molecule has 22 heavy (non-hydrogen) atoms. The highest BCUT2D eigenvalue weighted by molar-refractivity contribution is 5.80. The molecule has 6 nitrogen and oxygen atoms in total. The Bertz CT molecular complexity index is 660. The molecule has 6 heteroatoms. The maximum absolute atomic E-state index is 12.0. The quantitative estimate of drug-likeness (QED) is 0.913. The number of nitrogens with zero attached hydrogens (tertiary/aromatic N) is 1. The summed E-state index contributed by atoms with van der Waals surface area (Å²) in [5.41, 5.74) is 0.797. The van der Waals surface area contributed by atoms with Crippen LogP contribution in [0.3, 0.4) is 0 Å². The van der Waals surface area contributed by atoms with Crippen molar-refractivity contribution in [3.63, 3.8) is 0 Å². The lowest BCUT2D eigenvalue weighted by Gasteiger charge is -2.14. The van der Waals surface area contributed by atoms with E-state index in [1.54, 1.807) is 31.3 Å². The summed E-state index contributed by atoms with van der Waals surface area (Å²) in [7, 11) is 0. The van der Waals surface area contributed by atoms with Crippen LogP contribution < -0.4 is 19.5 Å². The third-order valence-electron chi connectivity index (χ3n) is 3.20. The summed E-state index contributed by atoms with van der Waals surface area (Å²) in [6.07, 6.45) is 1.07. The SMILES string of the molecule is CC(Oc1ccc2c(c1)OCO2)C(=O)NCc1ccccn1. The number of carbonyl (C=O) groups excluding carboxylic acids is 1. The zero-order chi connectivity index (χ0) is 15.4. The smallest absolute Gasteiger partial charge is 0.261 e. The molecule has 0 radical (unpaired) electrons. The predicted octanol–water partition coefficient (Wildman–Crippen LogP) is 1.89. The Kier molecular flexibility index (Phi) is 4.09. The van der Waals surface area contributed by atoms with Crippen LogP contribution >= 0.6 is 0 Å². The number of pyridine rings is 1. The Morgan fingerprint density at radius 2 is 2.18 bits per heavy atom. The first-order valence-electron chi connectivity index (χ1n) is 6.96. The monoisotopic (exact) mass is 300 g/mol. The summed E-state index contributed by atoms with van der Waals surface area (Å²) in [4.78, 5) is 16.2. The second-order valence-electron chi connectivity index (χ2n) is 4.81. The number of fused-ring (bicyclic) bond motifs is 1. The molecule has 0 spiro atoms. The van der Waals surface area contributed by atoms with Crippen LogP contribution in [0.25, 0.3) is 0 Å². The molecule has 0 fully saturated rings. The van der Waals surface area contributed by atoms with Crippen LogP contribution in [-0.4, -0.2) is 23.8 Å². The maximum Gasteiger partial charge on any atom is 0.261 e. The van der Waals surface area contributed by atoms with E-state index in [9.17, 15) is 4.79 Å². The number of hydrogen-bond donors (Lipinski definition) is 1. The molecule has 0 saturated heterocycles. The molecule has 114 valence electrons. The highest BCUT2D eigenvalue weighted by atomic mass is 16.7. The molecule has 3 rings (SSSR count). The summed E-state index contributed by atoms with van der Waals surface area (Å²) in [6, 6.07) is 10.8. The van der Waals surface area contributed by atoms with E-state index < -0.39 is 6.10 Å². The summed E-state index contributed by atoms with van der Waals surface area (Å²) in [5, 5.41) is 2.79. The number of rotatable bonds is 5. The number of ether oxygens (including phenoxy) is 3. The first-order chi connectivity index (χ1) is 10.7. The van der Waals surface area contributed by atoms with E-state index in [1.165, 1.54) is 0 Å². The van der Waals surface area contributed by atoms with Gasteiger partial charge < -0.3 is 19.5 Å². The molecule has 2 aromatic rings. The Balaban J connectivity index is 1.55. The zero-order valence-corrected chi connectivity index (χ0v) is 12.1. The van der Waals surface area contributed by atoms with Crippen molar-refractivity contribution in [2.45, 2.75) is 19.6 Å². The van der Waals surface area contributed by atoms with Gasteiger partial charge in [0, 0.05) is 12.3 Å². The topological polar surface area (TPSA) is 69.7 Å². The van der Waals surface area contributed by atoms with Gasteiger partial charge in [-0.05, 0) is 31.2 Å². The molecule has 0 aliphatic carbocycles. The van der Waals surface area contributed by atoms with Crippen molar-refractivity contribution in [1.82, 2.24) is 10.3 Å². The second-order valence-corrected chi connectivity index (χ2v) is 4.81. The van der Waals surface area contributed by atoms with Crippen LogP contribution in [0.15, 0.2) is 42.6 Å². The van der Waals surface area contributed by atoms with E-state index in [2.05, 4.69) is 10.3 Å². The van der Waals surface area contributed by atoms with Gasteiger partial charge in [-0.25, -0.2) is 0 Å². The number of benzene rings is 1. The van der Waals surface area contributed by atoms with Gasteiger partial charge in [-0.1, -0.05) is 6.07 Å². The molecule has 1 atom stereocenters. The Hall–Kier alpha value is -2.76. The van der Waals surface area contributed by atoms with E-state index in [4.69, 9.17) is 14.2 Å². The van der Waals surface area contributed by atoms with Crippen molar-refractivity contribution in [2.24, 2.45) is 0 Å². The number of aromatic nitrogens is 1. The fourth-order valence-corrected chi connectivity index (χ4v) is 2.03. The molecule has 0 saturated carbocycles. The molecule has 1 amide bonds. The summed E-state index contributed by atoms with van der Waals surface area (Å²) >= 11 is 0. The molecule has 1 aliphatic heterocycles. The van der Waals surface area contributed by atoms with E-state index in [-0.39, 0.29) is 12.7 Å². The molecule has 1 aromatic heterocycles. The first-order valence-corrected chi connectivity index (χ1v) is 6.96. The minimum atomic E-state index is -0.621. The zero-order valence-electron chi connectivity index (χ0n) is 12.1. The van der Waals surface area contributed by atoms with Crippen LogP contribution in [-0.2, 0) is 11.3 Å². The van der Waals surface area contributed by atoms with Gasteiger partial charge in [0.2, 0.25) is 6.79 Å². The van der Waals surface area contributed by atoms with Crippen molar-refractivity contribution < 1.29 is 19.0 Å². The number of hydrogen-bond acceptors (Lipinski definition) is 5. The van der Waals surface area contributed by atoms with Gasteiger partial charge in [-0.15, -0.1) is 0 Å². The Morgan fingerprint density at radius 3 is 3.00 bits per heavy atom. The maximum atomic E-state index is 12.0. The lowest BCUT2D eigenvalue weighted by molar-refractivity contribution is -0.127. The molecular formula is C16H16N2O4. The fourth-order valence-electron chi connectivity index (χ4n) is 2.03. The molecule has 0 bridgehead atoms. The van der Waals surface area contributed by atoms with Gasteiger partial charge in [0.1, 0.15) is 5.75 Å². The lowest BCUT2D eigenvalue weighted by atomic mass is 10.3. The van der Waals surface area contributed by atoms with Crippen molar-refractivity contribution in [3.05, 3.63) is 48.3 Å². The fraction of sp³-hybridized carbons (Fsp3) is 0.250. The lowest BCUT2D eigenvalue weighted by Crippen LogP contribution is -2.36. The largest absolute Gasteiger partial charge is 0.481 e. The average Bonchev–Trinajstić information content (AvgIpc) is 3.01. The normalized spacial score (nSPS) is 13.5. The highest BCUT2D eigenvalue weighted by Gasteiger charge is 2.18. The van der Waals surface area contributed by atoms with Crippen LogP contribution in [0.2, 0.25) is 0 Å². The highest BCUT2D eigenvalue weighted by Crippen LogP contribution is 2.35. The van der Waals surface area contributed by atoms with Crippen molar-refractivity contribution >= 4 is 5.91 Å². The molecule has 1 aliphatic rings. The molecule has 1 unspecified atom stereocenters. The molecular weight excluding hydrogens is 284 g/mol. The third kappa shape index (κ3) is 3.28. The van der Waals surface area contributed by atoms with Gasteiger partial charge in [0.25, 0.3) is 5.91 Å². The molecule has 2 heterocycles. The second kappa shape index (κ2) is 6.34. The summed E-state index contributed by atoms with van der Waals surface area (Å²) in [5.74, 6) is 1.66. The van der Waals surface area contributed by atoms with E-state index in [0.29, 0.717) is 23.8 Å². The van der Waals surface area contributed by atoms with Crippen LogP contribution in [0.5, 0.6) is 17.2 Å². The molecule has 1 N–H and O–H groups in total. The number of carbonyl (C=O) groups is 1. The number of amides is 1. The van der Waals surface area contributed by atoms with Gasteiger partial charge in [-0.2, -0.15) is 0 Å². The molecule has 1 aromatic carbocycles. The van der Waals surface area contributed by atoms with E-state index in [1.807, 2.05) is 18.2 Å². The van der Waals surface area contributed by atoms with E-state index >= 15 is 0 Å². The van der Waals surface area contributed by atoms with Crippen LogP contribution in [0.4, 0.5) is 0 Å².